The summed E-state index contributed by atoms with van der Waals surface area (Å²) in [4.78, 5) is 13.4. The number of carbonyl (C=O) groups is 1. The van der Waals surface area contributed by atoms with Gasteiger partial charge in [0.25, 0.3) is 0 Å². The Kier molecular flexibility index (Phi) is 6.23. The molecule has 1 aliphatic rings. The maximum absolute atomic E-state index is 12.9. The predicted octanol–water partition coefficient (Wildman–Crippen LogP) is 3.70. The second-order valence-electron chi connectivity index (χ2n) is 6.66. The molecule has 0 saturated heterocycles. The Labute approximate surface area is 172 Å². The van der Waals surface area contributed by atoms with Gasteiger partial charge < -0.3 is 10.7 Å². The van der Waals surface area contributed by atoms with Gasteiger partial charge in [-0.05, 0) is 37.8 Å². The van der Waals surface area contributed by atoms with Crippen LogP contribution in [0, 0.1) is 5.92 Å². The third kappa shape index (κ3) is 4.99. The number of rotatable bonds is 7. The third-order valence-electron chi connectivity index (χ3n) is 4.57. The van der Waals surface area contributed by atoms with Crippen molar-refractivity contribution in [2.75, 3.05) is 18.1 Å². The van der Waals surface area contributed by atoms with Crippen LogP contribution in [0.1, 0.15) is 19.8 Å². The normalized spacial score (nSPS) is 15.5. The first-order chi connectivity index (χ1) is 13.2. The Morgan fingerprint density at radius 3 is 2.68 bits per heavy atom. The van der Waals surface area contributed by atoms with E-state index in [-0.39, 0.29) is 16.8 Å². The molecule has 1 saturated carbocycles. The van der Waals surface area contributed by atoms with Gasteiger partial charge in [-0.1, -0.05) is 39.8 Å². The lowest BCUT2D eigenvalue weighted by atomic mass is 10.2. The average Bonchev–Trinajstić information content (AvgIpc) is 3.41. The van der Waals surface area contributed by atoms with E-state index >= 15 is 0 Å². The lowest BCUT2D eigenvalue weighted by Crippen LogP contribution is -2.46. The molecule has 1 unspecified atom stereocenters. The molecule has 11 heteroatoms. The number of amides is 1. The van der Waals surface area contributed by atoms with E-state index in [9.17, 15) is 18.0 Å². The SMILES string of the molecule is CC(C1CC1)N(CC(F)(F)F)C(=O)CSc1nnc(-c2ccccc2Br)n1N. The zero-order chi connectivity index (χ0) is 20.5. The fourth-order valence-corrected chi connectivity index (χ4v) is 4.10. The van der Waals surface area contributed by atoms with Gasteiger partial charge in [0, 0.05) is 16.1 Å². The minimum Gasteiger partial charge on any atom is -0.335 e. The second-order valence-corrected chi connectivity index (χ2v) is 8.46. The standard InChI is InChI=1S/C17H19BrF3N5OS/c1-10(11-6-7-11)25(9-17(19,20)21)14(27)8-28-16-24-23-15(26(16)22)12-4-2-3-5-13(12)18/h2-5,10-11H,6-9,22H2,1H3. The Bertz CT molecular complexity index is 856. The van der Waals surface area contributed by atoms with E-state index in [0.717, 1.165) is 39.5 Å². The van der Waals surface area contributed by atoms with Crippen LogP contribution in [0.25, 0.3) is 11.4 Å². The lowest BCUT2D eigenvalue weighted by Gasteiger charge is -2.30. The molecule has 2 aromatic rings. The van der Waals surface area contributed by atoms with Crippen molar-refractivity contribution in [3.63, 3.8) is 0 Å². The molecule has 6 nitrogen and oxygen atoms in total. The number of benzene rings is 1. The lowest BCUT2D eigenvalue weighted by molar-refractivity contribution is -0.164. The molecule has 0 radical (unpaired) electrons. The molecule has 0 aliphatic heterocycles. The van der Waals surface area contributed by atoms with Crippen molar-refractivity contribution in [3.05, 3.63) is 28.7 Å². The van der Waals surface area contributed by atoms with E-state index in [1.54, 1.807) is 13.0 Å². The molecule has 1 fully saturated rings. The van der Waals surface area contributed by atoms with Gasteiger partial charge >= 0.3 is 6.18 Å². The van der Waals surface area contributed by atoms with Crippen LogP contribution in [0.3, 0.4) is 0 Å². The number of nitrogens with zero attached hydrogens (tertiary/aromatic N) is 4. The first kappa shape index (κ1) is 21.0. The van der Waals surface area contributed by atoms with Crippen LogP contribution < -0.4 is 5.84 Å². The number of halogens is 4. The second kappa shape index (κ2) is 8.32. The average molecular weight is 478 g/mol. The molecule has 1 amide bonds. The molecule has 1 atom stereocenters. The maximum Gasteiger partial charge on any atom is 0.406 e. The number of nitrogens with two attached hydrogens (primary N) is 1. The quantitative estimate of drug-likeness (QED) is 0.485. The smallest absolute Gasteiger partial charge is 0.335 e. The first-order valence-electron chi connectivity index (χ1n) is 8.62. The van der Waals surface area contributed by atoms with E-state index in [0.29, 0.717) is 5.82 Å². The van der Waals surface area contributed by atoms with Crippen LogP contribution in [-0.4, -0.2) is 50.2 Å². The van der Waals surface area contributed by atoms with Gasteiger partial charge in [0.15, 0.2) is 5.82 Å². The Morgan fingerprint density at radius 1 is 1.39 bits per heavy atom. The monoisotopic (exact) mass is 477 g/mol. The molecule has 1 aliphatic carbocycles. The van der Waals surface area contributed by atoms with Crippen molar-refractivity contribution in [1.29, 1.82) is 0 Å². The molecular formula is C17H19BrF3N5OS. The van der Waals surface area contributed by atoms with E-state index in [1.165, 1.54) is 4.68 Å². The summed E-state index contributed by atoms with van der Waals surface area (Å²) >= 11 is 4.38. The van der Waals surface area contributed by atoms with Crippen LogP contribution in [0.2, 0.25) is 0 Å². The van der Waals surface area contributed by atoms with Crippen molar-refractivity contribution < 1.29 is 18.0 Å². The molecule has 1 aromatic heterocycles. The van der Waals surface area contributed by atoms with Gasteiger partial charge in [-0.15, -0.1) is 10.2 Å². The van der Waals surface area contributed by atoms with E-state index in [2.05, 4.69) is 26.1 Å². The highest BCUT2D eigenvalue weighted by Crippen LogP contribution is 2.36. The highest BCUT2D eigenvalue weighted by atomic mass is 79.9. The van der Waals surface area contributed by atoms with Crippen molar-refractivity contribution in [2.45, 2.75) is 37.1 Å². The predicted molar refractivity (Wildman–Crippen MR) is 104 cm³/mol. The van der Waals surface area contributed by atoms with Gasteiger partial charge in [-0.25, -0.2) is 4.68 Å². The summed E-state index contributed by atoms with van der Waals surface area (Å²) in [5.74, 6) is 5.77. The third-order valence-corrected chi connectivity index (χ3v) is 6.19. The summed E-state index contributed by atoms with van der Waals surface area (Å²) in [5.41, 5.74) is 0.719. The van der Waals surface area contributed by atoms with Crippen LogP contribution >= 0.6 is 27.7 Å². The fraction of sp³-hybridized carbons (Fsp3) is 0.471. The molecule has 0 spiro atoms. The van der Waals surface area contributed by atoms with Gasteiger partial charge in [0.1, 0.15) is 6.54 Å². The summed E-state index contributed by atoms with van der Waals surface area (Å²) in [6.07, 6.45) is -2.74. The van der Waals surface area contributed by atoms with Gasteiger partial charge in [0.2, 0.25) is 11.1 Å². The summed E-state index contributed by atoms with van der Waals surface area (Å²) in [5, 5.41) is 8.26. The Hall–Kier alpha value is -1.75. The van der Waals surface area contributed by atoms with Crippen molar-refractivity contribution in [1.82, 2.24) is 19.8 Å². The molecule has 152 valence electrons. The summed E-state index contributed by atoms with van der Waals surface area (Å²) in [6.45, 7) is 0.421. The molecule has 2 N–H and O–H groups in total. The van der Waals surface area contributed by atoms with Crippen LogP contribution in [0.4, 0.5) is 13.2 Å². The zero-order valence-corrected chi connectivity index (χ0v) is 17.4. The summed E-state index contributed by atoms with van der Waals surface area (Å²) in [6, 6.07) is 6.85. The van der Waals surface area contributed by atoms with Crippen LogP contribution in [-0.2, 0) is 4.79 Å². The maximum atomic E-state index is 12.9. The largest absolute Gasteiger partial charge is 0.406 e. The molecule has 1 heterocycles. The fourth-order valence-electron chi connectivity index (χ4n) is 2.90. The highest BCUT2D eigenvalue weighted by Gasteiger charge is 2.40. The summed E-state index contributed by atoms with van der Waals surface area (Å²) < 4.78 is 40.8. The van der Waals surface area contributed by atoms with Crippen molar-refractivity contribution in [2.24, 2.45) is 5.92 Å². The number of nitrogen functional groups attached to an aromatic ring is 1. The van der Waals surface area contributed by atoms with E-state index in [4.69, 9.17) is 5.84 Å². The highest BCUT2D eigenvalue weighted by molar-refractivity contribution is 9.10. The van der Waals surface area contributed by atoms with Crippen molar-refractivity contribution in [3.8, 4) is 11.4 Å². The van der Waals surface area contributed by atoms with Crippen LogP contribution in [0.5, 0.6) is 0 Å². The zero-order valence-electron chi connectivity index (χ0n) is 15.0. The number of alkyl halides is 3. The van der Waals surface area contributed by atoms with Crippen molar-refractivity contribution >= 4 is 33.6 Å². The van der Waals surface area contributed by atoms with Crippen LogP contribution in [0.15, 0.2) is 33.9 Å². The minimum absolute atomic E-state index is 0.136. The molecule has 28 heavy (non-hydrogen) atoms. The first-order valence-corrected chi connectivity index (χ1v) is 10.4. The number of carbonyl (C=O) groups excluding carboxylic acids is 1. The number of aromatic nitrogens is 3. The number of hydrogen-bond acceptors (Lipinski definition) is 5. The number of hydrogen-bond donors (Lipinski definition) is 1. The van der Waals surface area contributed by atoms with E-state index in [1.807, 2.05) is 18.2 Å². The Balaban J connectivity index is 1.70. The van der Waals surface area contributed by atoms with E-state index < -0.39 is 24.7 Å². The number of thioether (sulfide) groups is 1. The Morgan fingerprint density at radius 2 is 2.07 bits per heavy atom. The molecular weight excluding hydrogens is 459 g/mol. The molecule has 3 rings (SSSR count). The van der Waals surface area contributed by atoms with Gasteiger partial charge in [-0.2, -0.15) is 13.2 Å². The summed E-state index contributed by atoms with van der Waals surface area (Å²) in [7, 11) is 0. The molecule has 1 aromatic carbocycles. The van der Waals surface area contributed by atoms with Gasteiger partial charge in [0.05, 0.1) is 5.75 Å². The topological polar surface area (TPSA) is 77.0 Å². The minimum atomic E-state index is -4.44. The molecule has 0 bridgehead atoms. The van der Waals surface area contributed by atoms with Gasteiger partial charge in [-0.3, -0.25) is 4.79 Å².